The highest BCUT2D eigenvalue weighted by Gasteiger charge is 2.24. The number of carbonyl (C=O) groups is 1. The number of ether oxygens (including phenoxy) is 2. The molecule has 1 amide bonds. The molecule has 112 valence electrons. The molecule has 1 heterocycles. The van der Waals surface area contributed by atoms with Crippen molar-refractivity contribution in [1.29, 1.82) is 0 Å². The molecule has 1 aliphatic rings. The first-order valence-corrected chi connectivity index (χ1v) is 6.71. The predicted octanol–water partition coefficient (Wildman–Crippen LogP) is 2.90. The van der Waals surface area contributed by atoms with E-state index in [2.05, 4.69) is 5.32 Å². The average Bonchev–Trinajstić information content (AvgIpc) is 2.84. The van der Waals surface area contributed by atoms with Crippen molar-refractivity contribution >= 4 is 23.2 Å². The molecule has 0 saturated heterocycles. The number of hydrogen-bond donors (Lipinski definition) is 2. The standard InChI is InChI=1S/C17H15NO4/c1-21-15-9-16(22-2)14(19)8-10(15)7-12-11-5-3-4-6-13(11)18-17(12)20/h3-9,19H,1-2H3,(H,18,20)/b12-7+. The van der Waals surface area contributed by atoms with Gasteiger partial charge in [0.2, 0.25) is 0 Å². The number of hydrogen-bond acceptors (Lipinski definition) is 4. The molecule has 0 fully saturated rings. The molecule has 5 nitrogen and oxygen atoms in total. The SMILES string of the molecule is COc1cc(OC)c(/C=C2/C(=O)Nc3ccccc32)cc1O. The van der Waals surface area contributed by atoms with Crippen LogP contribution in [0.25, 0.3) is 11.6 Å². The number of nitrogens with one attached hydrogen (secondary N) is 1. The topological polar surface area (TPSA) is 67.8 Å². The van der Waals surface area contributed by atoms with Gasteiger partial charge in [0.1, 0.15) is 5.75 Å². The van der Waals surface area contributed by atoms with Crippen molar-refractivity contribution in [1.82, 2.24) is 0 Å². The maximum atomic E-state index is 12.1. The Labute approximate surface area is 127 Å². The summed E-state index contributed by atoms with van der Waals surface area (Å²) >= 11 is 0. The van der Waals surface area contributed by atoms with Crippen molar-refractivity contribution in [2.45, 2.75) is 0 Å². The fraction of sp³-hybridized carbons (Fsp3) is 0.118. The monoisotopic (exact) mass is 297 g/mol. The summed E-state index contributed by atoms with van der Waals surface area (Å²) in [6.07, 6.45) is 1.69. The van der Waals surface area contributed by atoms with E-state index in [4.69, 9.17) is 9.47 Å². The van der Waals surface area contributed by atoms with E-state index in [0.29, 0.717) is 22.6 Å². The number of anilines is 1. The molecular formula is C17H15NO4. The molecular weight excluding hydrogens is 282 g/mol. The Kier molecular flexibility index (Phi) is 3.47. The fourth-order valence-corrected chi connectivity index (χ4v) is 2.46. The van der Waals surface area contributed by atoms with Crippen LogP contribution >= 0.6 is 0 Å². The normalized spacial score (nSPS) is 14.6. The van der Waals surface area contributed by atoms with Crippen LogP contribution < -0.4 is 14.8 Å². The summed E-state index contributed by atoms with van der Waals surface area (Å²) in [4.78, 5) is 12.1. The summed E-state index contributed by atoms with van der Waals surface area (Å²) in [7, 11) is 2.99. The first-order chi connectivity index (χ1) is 10.6. The number of rotatable bonds is 3. The number of benzene rings is 2. The van der Waals surface area contributed by atoms with Crippen LogP contribution in [0.1, 0.15) is 11.1 Å². The highest BCUT2D eigenvalue weighted by Crippen LogP contribution is 2.38. The van der Waals surface area contributed by atoms with Crippen molar-refractivity contribution < 1.29 is 19.4 Å². The number of fused-ring (bicyclic) bond motifs is 1. The molecule has 2 N–H and O–H groups in total. The second-order valence-corrected chi connectivity index (χ2v) is 4.82. The Morgan fingerprint density at radius 3 is 2.55 bits per heavy atom. The van der Waals surface area contributed by atoms with E-state index in [9.17, 15) is 9.90 Å². The van der Waals surface area contributed by atoms with Gasteiger partial charge in [0.05, 0.1) is 14.2 Å². The van der Waals surface area contributed by atoms with Gasteiger partial charge in [0.25, 0.3) is 5.91 Å². The van der Waals surface area contributed by atoms with Crippen molar-refractivity contribution in [2.75, 3.05) is 19.5 Å². The maximum Gasteiger partial charge on any atom is 0.256 e. The Balaban J connectivity index is 2.13. The fourth-order valence-electron chi connectivity index (χ4n) is 2.46. The molecule has 0 bridgehead atoms. The van der Waals surface area contributed by atoms with Gasteiger partial charge >= 0.3 is 0 Å². The highest BCUT2D eigenvalue weighted by molar-refractivity contribution is 6.35. The van der Waals surface area contributed by atoms with Crippen LogP contribution in [-0.4, -0.2) is 25.2 Å². The first-order valence-electron chi connectivity index (χ1n) is 6.71. The third-order valence-corrected chi connectivity index (χ3v) is 3.54. The molecule has 0 radical (unpaired) electrons. The van der Waals surface area contributed by atoms with E-state index in [1.807, 2.05) is 24.3 Å². The van der Waals surface area contributed by atoms with Crippen molar-refractivity contribution in [3.63, 3.8) is 0 Å². The Hall–Kier alpha value is -2.95. The summed E-state index contributed by atoms with van der Waals surface area (Å²) in [6, 6.07) is 10.5. The van der Waals surface area contributed by atoms with Gasteiger partial charge in [-0.2, -0.15) is 0 Å². The van der Waals surface area contributed by atoms with Crippen LogP contribution in [-0.2, 0) is 4.79 Å². The second kappa shape index (κ2) is 5.44. The number of para-hydroxylation sites is 1. The molecule has 0 atom stereocenters. The van der Waals surface area contributed by atoms with Crippen LogP contribution in [0.15, 0.2) is 36.4 Å². The molecule has 0 aromatic heterocycles. The number of phenolic OH excluding ortho intramolecular Hbond substituents is 1. The van der Waals surface area contributed by atoms with Gasteiger partial charge in [-0.1, -0.05) is 18.2 Å². The van der Waals surface area contributed by atoms with Crippen molar-refractivity contribution in [2.24, 2.45) is 0 Å². The zero-order chi connectivity index (χ0) is 15.7. The van der Waals surface area contributed by atoms with Gasteiger partial charge in [-0.15, -0.1) is 0 Å². The van der Waals surface area contributed by atoms with E-state index in [-0.39, 0.29) is 11.7 Å². The van der Waals surface area contributed by atoms with Gasteiger partial charge in [0, 0.05) is 28.5 Å². The molecule has 2 aromatic rings. The van der Waals surface area contributed by atoms with Gasteiger partial charge in [-0.05, 0) is 18.2 Å². The predicted molar refractivity (Wildman–Crippen MR) is 84.2 cm³/mol. The van der Waals surface area contributed by atoms with Gasteiger partial charge in [-0.3, -0.25) is 4.79 Å². The molecule has 3 rings (SSSR count). The molecule has 0 spiro atoms. The zero-order valence-electron chi connectivity index (χ0n) is 12.2. The highest BCUT2D eigenvalue weighted by atomic mass is 16.5. The lowest BCUT2D eigenvalue weighted by Crippen LogP contribution is -2.03. The summed E-state index contributed by atoms with van der Waals surface area (Å²) in [6.45, 7) is 0. The summed E-state index contributed by atoms with van der Waals surface area (Å²) in [5.74, 6) is 0.634. The Bertz CT molecular complexity index is 780. The van der Waals surface area contributed by atoms with Gasteiger partial charge in [0.15, 0.2) is 11.5 Å². The van der Waals surface area contributed by atoms with Crippen LogP contribution in [0.3, 0.4) is 0 Å². The van der Waals surface area contributed by atoms with E-state index < -0.39 is 0 Å². The van der Waals surface area contributed by atoms with E-state index in [1.54, 1.807) is 12.1 Å². The molecule has 1 aliphatic heterocycles. The minimum atomic E-state index is -0.182. The summed E-state index contributed by atoms with van der Waals surface area (Å²) in [5.41, 5.74) is 2.72. The van der Waals surface area contributed by atoms with E-state index in [1.165, 1.54) is 20.3 Å². The first kappa shape index (κ1) is 14.0. The van der Waals surface area contributed by atoms with Crippen molar-refractivity contribution in [3.8, 4) is 17.2 Å². The number of amides is 1. The molecule has 0 saturated carbocycles. The smallest absolute Gasteiger partial charge is 0.256 e. The quantitative estimate of drug-likeness (QED) is 0.855. The van der Waals surface area contributed by atoms with E-state index in [0.717, 1.165) is 11.3 Å². The van der Waals surface area contributed by atoms with Crippen molar-refractivity contribution in [3.05, 3.63) is 47.5 Å². The maximum absolute atomic E-state index is 12.1. The van der Waals surface area contributed by atoms with Crippen LogP contribution in [0.4, 0.5) is 5.69 Å². The largest absolute Gasteiger partial charge is 0.504 e. The lowest BCUT2D eigenvalue weighted by Gasteiger charge is -2.10. The zero-order valence-corrected chi connectivity index (χ0v) is 12.2. The Morgan fingerprint density at radius 1 is 1.09 bits per heavy atom. The third-order valence-electron chi connectivity index (χ3n) is 3.54. The minimum Gasteiger partial charge on any atom is -0.504 e. The van der Waals surface area contributed by atoms with Crippen LogP contribution in [0, 0.1) is 0 Å². The number of carbonyl (C=O) groups excluding carboxylic acids is 1. The van der Waals surface area contributed by atoms with Crippen LogP contribution in [0.5, 0.6) is 17.2 Å². The number of aromatic hydroxyl groups is 1. The van der Waals surface area contributed by atoms with Gasteiger partial charge in [-0.25, -0.2) is 0 Å². The molecule has 0 aliphatic carbocycles. The minimum absolute atomic E-state index is 0.0122. The van der Waals surface area contributed by atoms with Gasteiger partial charge < -0.3 is 19.9 Å². The molecule has 0 unspecified atom stereocenters. The lowest BCUT2D eigenvalue weighted by molar-refractivity contribution is -0.110. The molecule has 5 heteroatoms. The summed E-state index contributed by atoms with van der Waals surface area (Å²) < 4.78 is 10.4. The Morgan fingerprint density at radius 2 is 1.82 bits per heavy atom. The summed E-state index contributed by atoms with van der Waals surface area (Å²) in [5, 5.41) is 12.7. The lowest BCUT2D eigenvalue weighted by atomic mass is 10.0. The second-order valence-electron chi connectivity index (χ2n) is 4.82. The molecule has 2 aromatic carbocycles. The average molecular weight is 297 g/mol. The van der Waals surface area contributed by atoms with Crippen LogP contribution in [0.2, 0.25) is 0 Å². The number of phenols is 1. The molecule has 22 heavy (non-hydrogen) atoms. The number of methoxy groups -OCH3 is 2. The third kappa shape index (κ3) is 2.26. The van der Waals surface area contributed by atoms with E-state index >= 15 is 0 Å².